The Morgan fingerprint density at radius 3 is 2.64 bits per heavy atom. The minimum Gasteiger partial charge on any atom is -0.489 e. The Hall–Kier alpha value is -2.40. The molecular formula is C20H23FN2O2. The Kier molecular flexibility index (Phi) is 5.66. The lowest BCUT2D eigenvalue weighted by Crippen LogP contribution is -2.37. The van der Waals surface area contributed by atoms with Crippen molar-refractivity contribution in [1.29, 1.82) is 0 Å². The van der Waals surface area contributed by atoms with Gasteiger partial charge in [0.25, 0.3) is 0 Å². The van der Waals surface area contributed by atoms with Crippen molar-refractivity contribution in [3.8, 4) is 5.75 Å². The maximum Gasteiger partial charge on any atom is 0.231 e. The van der Waals surface area contributed by atoms with E-state index in [1.807, 2.05) is 24.3 Å². The standard InChI is InChI=1S/C20H23FN2O2/c21-18-6-2-1-4-15(18)13-25-16-10-8-14(9-11-16)17-5-3-7-19(17)23-12-20(22)24/h1-2,4,6,8-11,17,19,23H,3,5,7,12-13H2,(H2,22,24)/t17-,19-/m0/s1. The van der Waals surface area contributed by atoms with E-state index in [1.165, 1.54) is 11.6 Å². The maximum absolute atomic E-state index is 13.6. The molecule has 0 saturated heterocycles. The molecule has 2 aromatic rings. The Labute approximate surface area is 147 Å². The van der Waals surface area contributed by atoms with Crippen molar-refractivity contribution < 1.29 is 13.9 Å². The van der Waals surface area contributed by atoms with Gasteiger partial charge in [0, 0.05) is 11.6 Å². The second kappa shape index (κ2) is 8.12. The highest BCUT2D eigenvalue weighted by Crippen LogP contribution is 2.35. The molecule has 1 aliphatic rings. The van der Waals surface area contributed by atoms with E-state index in [4.69, 9.17) is 10.5 Å². The molecule has 2 aromatic carbocycles. The quantitative estimate of drug-likeness (QED) is 0.812. The van der Waals surface area contributed by atoms with Crippen molar-refractivity contribution in [2.45, 2.75) is 37.8 Å². The highest BCUT2D eigenvalue weighted by Gasteiger charge is 2.28. The lowest BCUT2D eigenvalue weighted by atomic mass is 9.94. The number of hydrogen-bond acceptors (Lipinski definition) is 3. The summed E-state index contributed by atoms with van der Waals surface area (Å²) in [6, 6.07) is 14.8. The zero-order chi connectivity index (χ0) is 17.6. The minimum atomic E-state index is -0.331. The van der Waals surface area contributed by atoms with Gasteiger partial charge in [-0.05, 0) is 42.5 Å². The number of nitrogens with two attached hydrogens (primary N) is 1. The molecule has 0 unspecified atom stereocenters. The number of primary amides is 1. The van der Waals surface area contributed by atoms with E-state index in [-0.39, 0.29) is 30.9 Å². The first-order valence-corrected chi connectivity index (χ1v) is 8.61. The fraction of sp³-hybridized carbons (Fsp3) is 0.350. The van der Waals surface area contributed by atoms with Gasteiger partial charge in [-0.2, -0.15) is 0 Å². The molecule has 132 valence electrons. The second-order valence-corrected chi connectivity index (χ2v) is 6.44. The van der Waals surface area contributed by atoms with Crippen LogP contribution in [0.15, 0.2) is 48.5 Å². The van der Waals surface area contributed by atoms with E-state index in [9.17, 15) is 9.18 Å². The van der Waals surface area contributed by atoms with Crippen LogP contribution in [0.1, 0.15) is 36.3 Å². The monoisotopic (exact) mass is 342 g/mol. The van der Waals surface area contributed by atoms with Crippen LogP contribution >= 0.6 is 0 Å². The summed E-state index contributed by atoms with van der Waals surface area (Å²) in [7, 11) is 0. The lowest BCUT2D eigenvalue weighted by molar-refractivity contribution is -0.117. The molecule has 0 heterocycles. The van der Waals surface area contributed by atoms with Crippen molar-refractivity contribution in [2.75, 3.05) is 6.54 Å². The summed E-state index contributed by atoms with van der Waals surface area (Å²) >= 11 is 0. The van der Waals surface area contributed by atoms with Gasteiger partial charge >= 0.3 is 0 Å². The molecule has 0 aromatic heterocycles. The average Bonchev–Trinajstić information content (AvgIpc) is 3.08. The van der Waals surface area contributed by atoms with Gasteiger partial charge in [0.15, 0.2) is 0 Å². The lowest BCUT2D eigenvalue weighted by Gasteiger charge is -2.21. The van der Waals surface area contributed by atoms with E-state index < -0.39 is 0 Å². The molecule has 25 heavy (non-hydrogen) atoms. The molecule has 0 radical (unpaired) electrons. The number of rotatable bonds is 7. The van der Waals surface area contributed by atoms with E-state index in [2.05, 4.69) is 5.32 Å². The van der Waals surface area contributed by atoms with Gasteiger partial charge in [0.1, 0.15) is 18.2 Å². The fourth-order valence-electron chi connectivity index (χ4n) is 3.42. The van der Waals surface area contributed by atoms with Crippen LogP contribution in [0.25, 0.3) is 0 Å². The van der Waals surface area contributed by atoms with Gasteiger partial charge in [0.05, 0.1) is 6.54 Å². The Morgan fingerprint density at radius 2 is 1.92 bits per heavy atom. The molecule has 0 aliphatic heterocycles. The van der Waals surface area contributed by atoms with Crippen LogP contribution in [-0.2, 0) is 11.4 Å². The first kappa shape index (κ1) is 17.4. The van der Waals surface area contributed by atoms with Gasteiger partial charge in [-0.15, -0.1) is 0 Å². The number of carbonyl (C=O) groups is 1. The molecule has 0 bridgehead atoms. The summed E-state index contributed by atoms with van der Waals surface area (Å²) in [5.41, 5.74) is 6.98. The molecule has 5 heteroatoms. The van der Waals surface area contributed by atoms with Crippen molar-refractivity contribution >= 4 is 5.91 Å². The SMILES string of the molecule is NC(=O)CN[C@H]1CCC[C@H]1c1ccc(OCc2ccccc2F)cc1. The van der Waals surface area contributed by atoms with Crippen LogP contribution in [0, 0.1) is 5.82 Å². The maximum atomic E-state index is 13.6. The van der Waals surface area contributed by atoms with Gasteiger partial charge in [-0.1, -0.05) is 36.8 Å². The summed E-state index contributed by atoms with van der Waals surface area (Å²) in [5.74, 6) is 0.502. The predicted octanol–water partition coefficient (Wildman–Crippen LogP) is 3.12. The first-order chi connectivity index (χ1) is 12.1. The Balaban J connectivity index is 1.60. The third-order valence-electron chi connectivity index (χ3n) is 4.71. The zero-order valence-corrected chi connectivity index (χ0v) is 14.1. The predicted molar refractivity (Wildman–Crippen MR) is 94.8 cm³/mol. The average molecular weight is 342 g/mol. The number of halogens is 1. The van der Waals surface area contributed by atoms with E-state index in [0.717, 1.165) is 19.3 Å². The van der Waals surface area contributed by atoms with Crippen LogP contribution in [0.2, 0.25) is 0 Å². The Bertz CT molecular complexity index is 718. The van der Waals surface area contributed by atoms with E-state index in [1.54, 1.807) is 18.2 Å². The molecule has 3 rings (SSSR count). The highest BCUT2D eigenvalue weighted by molar-refractivity contribution is 5.75. The number of nitrogens with one attached hydrogen (secondary N) is 1. The number of benzene rings is 2. The van der Waals surface area contributed by atoms with E-state index in [0.29, 0.717) is 17.2 Å². The van der Waals surface area contributed by atoms with Crippen molar-refractivity contribution in [3.63, 3.8) is 0 Å². The summed E-state index contributed by atoms with van der Waals surface area (Å²) < 4.78 is 19.3. The summed E-state index contributed by atoms with van der Waals surface area (Å²) in [6.45, 7) is 0.420. The third-order valence-corrected chi connectivity index (χ3v) is 4.71. The number of hydrogen-bond donors (Lipinski definition) is 2. The van der Waals surface area contributed by atoms with Crippen LogP contribution in [0.4, 0.5) is 4.39 Å². The summed E-state index contributed by atoms with van der Waals surface area (Å²) in [5, 5.41) is 3.25. The smallest absolute Gasteiger partial charge is 0.231 e. The topological polar surface area (TPSA) is 64.4 Å². The summed E-state index contributed by atoms with van der Waals surface area (Å²) in [4.78, 5) is 11.0. The van der Waals surface area contributed by atoms with Crippen molar-refractivity contribution in [2.24, 2.45) is 5.73 Å². The van der Waals surface area contributed by atoms with Crippen LogP contribution in [0.5, 0.6) is 5.75 Å². The summed E-state index contributed by atoms with van der Waals surface area (Å²) in [6.07, 6.45) is 3.27. The van der Waals surface area contributed by atoms with Crippen molar-refractivity contribution in [1.82, 2.24) is 5.32 Å². The van der Waals surface area contributed by atoms with Gasteiger partial charge in [-0.25, -0.2) is 4.39 Å². The fourth-order valence-corrected chi connectivity index (χ4v) is 3.42. The van der Waals surface area contributed by atoms with Crippen LogP contribution in [-0.4, -0.2) is 18.5 Å². The normalized spacial score (nSPS) is 19.7. The zero-order valence-electron chi connectivity index (χ0n) is 14.1. The third kappa shape index (κ3) is 4.57. The number of ether oxygens (including phenoxy) is 1. The second-order valence-electron chi connectivity index (χ2n) is 6.44. The van der Waals surface area contributed by atoms with E-state index >= 15 is 0 Å². The van der Waals surface area contributed by atoms with Crippen molar-refractivity contribution in [3.05, 3.63) is 65.5 Å². The molecule has 2 atom stereocenters. The molecule has 1 amide bonds. The molecule has 1 saturated carbocycles. The highest BCUT2D eigenvalue weighted by atomic mass is 19.1. The number of amides is 1. The van der Waals surface area contributed by atoms with Gasteiger partial charge < -0.3 is 15.8 Å². The van der Waals surface area contributed by atoms with Gasteiger partial charge in [-0.3, -0.25) is 4.79 Å². The van der Waals surface area contributed by atoms with Gasteiger partial charge in [0.2, 0.25) is 5.91 Å². The molecule has 1 aliphatic carbocycles. The first-order valence-electron chi connectivity index (χ1n) is 8.61. The Morgan fingerprint density at radius 1 is 1.16 bits per heavy atom. The van der Waals surface area contributed by atoms with Crippen LogP contribution < -0.4 is 15.8 Å². The molecule has 0 spiro atoms. The molecule has 3 N–H and O–H groups in total. The molecule has 1 fully saturated rings. The molecule has 4 nitrogen and oxygen atoms in total. The largest absolute Gasteiger partial charge is 0.489 e. The molecular weight excluding hydrogens is 319 g/mol. The minimum absolute atomic E-state index is 0.207. The van der Waals surface area contributed by atoms with Crippen LogP contribution in [0.3, 0.4) is 0 Å². The number of carbonyl (C=O) groups excluding carboxylic acids is 1.